The first-order valence-electron chi connectivity index (χ1n) is 9.55. The molecule has 3 rings (SSSR count). The molecule has 1 fully saturated rings. The first-order chi connectivity index (χ1) is 13.9. The topological polar surface area (TPSA) is 76.2 Å². The van der Waals surface area contributed by atoms with E-state index in [-0.39, 0.29) is 12.5 Å². The van der Waals surface area contributed by atoms with Crippen LogP contribution in [-0.4, -0.2) is 58.4 Å². The van der Waals surface area contributed by atoms with E-state index < -0.39 is 10.0 Å². The largest absolute Gasteiger partial charge is 0.492 e. The molecule has 1 amide bonds. The average molecular weight is 419 g/mol. The highest BCUT2D eigenvalue weighted by molar-refractivity contribution is 7.92. The van der Waals surface area contributed by atoms with Gasteiger partial charge in [-0.25, -0.2) is 8.42 Å². The van der Waals surface area contributed by atoms with E-state index in [1.807, 2.05) is 6.92 Å². The molecule has 0 saturated carbocycles. The minimum absolute atomic E-state index is 0.0403. The summed E-state index contributed by atoms with van der Waals surface area (Å²) >= 11 is 0. The van der Waals surface area contributed by atoms with Gasteiger partial charge in [-0.1, -0.05) is 24.3 Å². The lowest BCUT2D eigenvalue weighted by Gasteiger charge is -2.27. The Morgan fingerprint density at radius 2 is 1.76 bits per heavy atom. The van der Waals surface area contributed by atoms with E-state index in [2.05, 4.69) is 0 Å². The predicted octanol–water partition coefficient (Wildman–Crippen LogP) is 2.52. The number of carbonyl (C=O) groups is 1. The molecule has 0 bridgehead atoms. The van der Waals surface area contributed by atoms with Crippen molar-refractivity contribution in [2.75, 3.05) is 43.5 Å². The van der Waals surface area contributed by atoms with Crippen molar-refractivity contribution in [3.8, 4) is 5.75 Å². The number of sulfonamides is 1. The van der Waals surface area contributed by atoms with Crippen molar-refractivity contribution in [3.63, 3.8) is 0 Å². The molecule has 7 nitrogen and oxygen atoms in total. The highest BCUT2D eigenvalue weighted by atomic mass is 32.2. The van der Waals surface area contributed by atoms with Gasteiger partial charge >= 0.3 is 0 Å². The number of para-hydroxylation sites is 2. The molecule has 0 unspecified atom stereocenters. The number of rotatable bonds is 7. The van der Waals surface area contributed by atoms with Crippen LogP contribution in [0.4, 0.5) is 5.69 Å². The molecule has 2 aromatic carbocycles. The molecule has 156 valence electrons. The monoisotopic (exact) mass is 418 g/mol. The minimum atomic E-state index is -3.54. The third-order valence-corrected chi connectivity index (χ3v) is 5.79. The maximum Gasteiger partial charge on any atom is 0.254 e. The first kappa shape index (κ1) is 21.1. The van der Waals surface area contributed by atoms with Gasteiger partial charge in [-0.15, -0.1) is 0 Å². The Bertz CT molecular complexity index is 938. The first-order valence-corrected chi connectivity index (χ1v) is 11.4. The Hall–Kier alpha value is -2.58. The fourth-order valence-corrected chi connectivity index (χ4v) is 4.08. The Kier molecular flexibility index (Phi) is 6.76. The van der Waals surface area contributed by atoms with Crippen molar-refractivity contribution in [1.82, 2.24) is 4.90 Å². The number of benzene rings is 2. The average Bonchev–Trinajstić information content (AvgIpc) is 2.73. The molecule has 8 heteroatoms. The van der Waals surface area contributed by atoms with Gasteiger partial charge in [0.05, 0.1) is 38.3 Å². The number of carbonyl (C=O) groups excluding carboxylic acids is 1. The maximum absolute atomic E-state index is 12.6. The van der Waals surface area contributed by atoms with E-state index in [1.165, 1.54) is 10.6 Å². The number of hydrogen-bond acceptors (Lipinski definition) is 5. The fourth-order valence-electron chi connectivity index (χ4n) is 3.19. The molecule has 1 saturated heterocycles. The second kappa shape index (κ2) is 9.28. The van der Waals surface area contributed by atoms with Crippen LogP contribution in [0.5, 0.6) is 5.75 Å². The van der Waals surface area contributed by atoms with Gasteiger partial charge in [-0.05, 0) is 36.8 Å². The summed E-state index contributed by atoms with van der Waals surface area (Å²) in [4.78, 5) is 14.3. The Morgan fingerprint density at radius 3 is 2.38 bits per heavy atom. The van der Waals surface area contributed by atoms with Crippen LogP contribution in [0.25, 0.3) is 0 Å². The smallest absolute Gasteiger partial charge is 0.254 e. The third-order valence-electron chi connectivity index (χ3n) is 4.66. The summed E-state index contributed by atoms with van der Waals surface area (Å²) in [6.07, 6.45) is 1.17. The van der Waals surface area contributed by atoms with Gasteiger partial charge in [-0.3, -0.25) is 9.10 Å². The summed E-state index contributed by atoms with van der Waals surface area (Å²) in [6, 6.07) is 14.1. The van der Waals surface area contributed by atoms with Crippen LogP contribution in [0.15, 0.2) is 48.5 Å². The van der Waals surface area contributed by atoms with Gasteiger partial charge in [0, 0.05) is 18.7 Å². The quantitative estimate of drug-likeness (QED) is 0.691. The number of anilines is 1. The van der Waals surface area contributed by atoms with Crippen molar-refractivity contribution in [2.24, 2.45) is 0 Å². The van der Waals surface area contributed by atoms with Crippen LogP contribution in [0.2, 0.25) is 0 Å². The van der Waals surface area contributed by atoms with E-state index in [9.17, 15) is 13.2 Å². The molecule has 29 heavy (non-hydrogen) atoms. The van der Waals surface area contributed by atoms with E-state index in [0.717, 1.165) is 5.56 Å². The van der Waals surface area contributed by atoms with Gasteiger partial charge < -0.3 is 14.4 Å². The third kappa shape index (κ3) is 5.27. The normalized spacial score (nSPS) is 14.5. The van der Waals surface area contributed by atoms with Gasteiger partial charge in [0.1, 0.15) is 5.75 Å². The molecule has 1 aliphatic heterocycles. The molecule has 1 heterocycles. The Labute approximate surface area is 171 Å². The van der Waals surface area contributed by atoms with E-state index in [1.54, 1.807) is 53.4 Å². The standard InChI is InChI=1S/C21H26N2O5S/c1-3-28-20-7-5-4-6-19(20)23(29(2,25)26)16-17-8-10-18(11-9-17)21(24)22-12-14-27-15-13-22/h4-11H,3,12-16H2,1-2H3. The van der Waals surface area contributed by atoms with Crippen LogP contribution in [-0.2, 0) is 21.3 Å². The van der Waals surface area contributed by atoms with Crippen LogP contribution in [0.1, 0.15) is 22.8 Å². The zero-order valence-electron chi connectivity index (χ0n) is 16.7. The number of ether oxygens (including phenoxy) is 2. The summed E-state index contributed by atoms with van der Waals surface area (Å²) < 4.78 is 37.1. The highest BCUT2D eigenvalue weighted by Gasteiger charge is 2.22. The number of hydrogen-bond donors (Lipinski definition) is 0. The van der Waals surface area contributed by atoms with Crippen LogP contribution < -0.4 is 9.04 Å². The van der Waals surface area contributed by atoms with Gasteiger partial charge in [0.2, 0.25) is 10.0 Å². The summed E-state index contributed by atoms with van der Waals surface area (Å²) in [7, 11) is -3.54. The van der Waals surface area contributed by atoms with Crippen LogP contribution in [0.3, 0.4) is 0 Å². The molecule has 1 aliphatic rings. The SMILES string of the molecule is CCOc1ccccc1N(Cc1ccc(C(=O)N2CCOCC2)cc1)S(C)(=O)=O. The molecule has 0 atom stereocenters. The number of nitrogens with zero attached hydrogens (tertiary/aromatic N) is 2. The van der Waals surface area contributed by atoms with Crippen molar-refractivity contribution in [1.29, 1.82) is 0 Å². The molecule has 0 radical (unpaired) electrons. The molecule has 2 aromatic rings. The number of amides is 1. The second-order valence-corrected chi connectivity index (χ2v) is 8.68. The lowest BCUT2D eigenvalue weighted by molar-refractivity contribution is 0.0303. The van der Waals surface area contributed by atoms with Gasteiger partial charge in [0.15, 0.2) is 0 Å². The fraction of sp³-hybridized carbons (Fsp3) is 0.381. The minimum Gasteiger partial charge on any atom is -0.492 e. The highest BCUT2D eigenvalue weighted by Crippen LogP contribution is 2.31. The molecule has 0 N–H and O–H groups in total. The van der Waals surface area contributed by atoms with Crippen molar-refractivity contribution in [2.45, 2.75) is 13.5 Å². The summed E-state index contributed by atoms with van der Waals surface area (Å²) in [5, 5.41) is 0. The second-order valence-electron chi connectivity index (χ2n) is 6.77. The molecular weight excluding hydrogens is 392 g/mol. The molecular formula is C21H26N2O5S. The van der Waals surface area contributed by atoms with Gasteiger partial charge in [0.25, 0.3) is 5.91 Å². The zero-order valence-corrected chi connectivity index (χ0v) is 17.5. The summed E-state index contributed by atoms with van der Waals surface area (Å²) in [5.41, 5.74) is 1.85. The summed E-state index contributed by atoms with van der Waals surface area (Å²) in [6.45, 7) is 4.69. The lowest BCUT2D eigenvalue weighted by Crippen LogP contribution is -2.40. The van der Waals surface area contributed by atoms with Crippen molar-refractivity contribution >= 4 is 21.6 Å². The van der Waals surface area contributed by atoms with E-state index >= 15 is 0 Å². The Morgan fingerprint density at radius 1 is 1.10 bits per heavy atom. The molecule has 0 spiro atoms. The van der Waals surface area contributed by atoms with E-state index in [4.69, 9.17) is 9.47 Å². The predicted molar refractivity (Wildman–Crippen MR) is 112 cm³/mol. The van der Waals surface area contributed by atoms with E-state index in [0.29, 0.717) is 49.9 Å². The number of morpholine rings is 1. The summed E-state index contributed by atoms with van der Waals surface area (Å²) in [5.74, 6) is 0.473. The van der Waals surface area contributed by atoms with Gasteiger partial charge in [-0.2, -0.15) is 0 Å². The lowest BCUT2D eigenvalue weighted by atomic mass is 10.1. The van der Waals surface area contributed by atoms with Crippen molar-refractivity contribution in [3.05, 3.63) is 59.7 Å². The van der Waals surface area contributed by atoms with Crippen molar-refractivity contribution < 1.29 is 22.7 Å². The molecule has 0 aliphatic carbocycles. The Balaban J connectivity index is 1.81. The zero-order chi connectivity index (χ0) is 20.9. The molecule has 0 aromatic heterocycles. The van der Waals surface area contributed by atoms with Crippen LogP contribution >= 0.6 is 0 Å². The van der Waals surface area contributed by atoms with Crippen LogP contribution in [0, 0.1) is 0 Å². The maximum atomic E-state index is 12.6.